The minimum atomic E-state index is 0.470. The molecular formula is C18H19N3O2S. The molecule has 0 spiro atoms. The van der Waals surface area contributed by atoms with Gasteiger partial charge in [0.1, 0.15) is 5.75 Å². The molecule has 4 rings (SSSR count). The second-order valence-electron chi connectivity index (χ2n) is 5.89. The lowest BCUT2D eigenvalue weighted by Gasteiger charge is -2.21. The molecule has 0 unspecified atom stereocenters. The minimum Gasteiger partial charge on any atom is -0.497 e. The molecule has 124 valence electrons. The smallest absolute Gasteiger partial charge is 0.241 e. The van der Waals surface area contributed by atoms with E-state index in [0.29, 0.717) is 24.3 Å². The van der Waals surface area contributed by atoms with Gasteiger partial charge >= 0.3 is 0 Å². The molecular weight excluding hydrogens is 322 g/mol. The normalized spacial score (nSPS) is 18.1. The van der Waals surface area contributed by atoms with Crippen LogP contribution in [0.25, 0.3) is 11.4 Å². The Morgan fingerprint density at radius 2 is 2.29 bits per heavy atom. The van der Waals surface area contributed by atoms with Gasteiger partial charge in [0.25, 0.3) is 0 Å². The first-order chi connectivity index (χ1) is 11.8. The van der Waals surface area contributed by atoms with Crippen molar-refractivity contribution in [1.82, 2.24) is 15.0 Å². The number of hydrogen-bond acceptors (Lipinski definition) is 6. The van der Waals surface area contributed by atoms with Gasteiger partial charge in [0.2, 0.25) is 11.7 Å². The van der Waals surface area contributed by atoms with E-state index < -0.39 is 0 Å². The van der Waals surface area contributed by atoms with Crippen molar-refractivity contribution in [1.29, 1.82) is 0 Å². The van der Waals surface area contributed by atoms with Gasteiger partial charge in [-0.05, 0) is 43.0 Å². The van der Waals surface area contributed by atoms with Crippen LogP contribution in [0.15, 0.2) is 46.3 Å². The number of ether oxygens (including phenoxy) is 1. The molecule has 1 aliphatic heterocycles. The molecule has 24 heavy (non-hydrogen) atoms. The number of likely N-dealkylation sites (tertiary alicyclic amines) is 1. The summed E-state index contributed by atoms with van der Waals surface area (Å²) in [5.74, 6) is 2.06. The van der Waals surface area contributed by atoms with Crippen molar-refractivity contribution in [2.75, 3.05) is 13.7 Å². The highest BCUT2D eigenvalue weighted by molar-refractivity contribution is 7.10. The standard InChI is InChI=1S/C18H19N3O2S/c1-22-14-6-2-5-13(11-14)18-19-17(23-20-18)12-21-9-3-7-15(21)16-8-4-10-24-16/h2,4-6,8,10-11,15H,3,7,9,12H2,1H3/t15-/m1/s1. The molecule has 0 saturated carbocycles. The zero-order chi connectivity index (χ0) is 16.4. The van der Waals surface area contributed by atoms with Crippen LogP contribution >= 0.6 is 11.3 Å². The average molecular weight is 341 g/mol. The van der Waals surface area contributed by atoms with E-state index in [0.717, 1.165) is 17.9 Å². The third-order valence-corrected chi connectivity index (χ3v) is 5.34. The highest BCUT2D eigenvalue weighted by atomic mass is 32.1. The fraction of sp³-hybridized carbons (Fsp3) is 0.333. The third-order valence-electron chi connectivity index (χ3n) is 4.37. The molecule has 1 fully saturated rings. The summed E-state index contributed by atoms with van der Waals surface area (Å²) in [4.78, 5) is 8.41. The van der Waals surface area contributed by atoms with Crippen molar-refractivity contribution < 1.29 is 9.26 Å². The molecule has 0 N–H and O–H groups in total. The number of methoxy groups -OCH3 is 1. The summed E-state index contributed by atoms with van der Waals surface area (Å²) >= 11 is 1.82. The van der Waals surface area contributed by atoms with Crippen molar-refractivity contribution in [3.63, 3.8) is 0 Å². The van der Waals surface area contributed by atoms with Gasteiger partial charge in [-0.15, -0.1) is 11.3 Å². The maximum Gasteiger partial charge on any atom is 0.241 e. The Labute approximate surface area is 144 Å². The van der Waals surface area contributed by atoms with Gasteiger partial charge in [-0.1, -0.05) is 23.4 Å². The molecule has 1 atom stereocenters. The molecule has 1 aliphatic rings. The van der Waals surface area contributed by atoms with E-state index >= 15 is 0 Å². The second kappa shape index (κ2) is 6.75. The topological polar surface area (TPSA) is 51.4 Å². The van der Waals surface area contributed by atoms with Crippen LogP contribution in [0.4, 0.5) is 0 Å². The first-order valence-corrected chi connectivity index (χ1v) is 8.96. The Bertz CT molecular complexity index is 800. The summed E-state index contributed by atoms with van der Waals surface area (Å²) in [6.45, 7) is 1.76. The molecule has 3 aromatic rings. The molecule has 6 heteroatoms. The molecule has 1 saturated heterocycles. The van der Waals surface area contributed by atoms with E-state index in [1.807, 2.05) is 35.6 Å². The van der Waals surface area contributed by atoms with Gasteiger partial charge < -0.3 is 9.26 Å². The van der Waals surface area contributed by atoms with Gasteiger partial charge in [0.05, 0.1) is 13.7 Å². The highest BCUT2D eigenvalue weighted by Gasteiger charge is 2.28. The van der Waals surface area contributed by atoms with Crippen LogP contribution in [0.3, 0.4) is 0 Å². The SMILES string of the molecule is COc1cccc(-c2noc(CN3CCC[C@@H]3c3cccs3)n2)c1. The lowest BCUT2D eigenvalue weighted by Crippen LogP contribution is -2.22. The van der Waals surface area contributed by atoms with Crippen LogP contribution in [0, 0.1) is 0 Å². The molecule has 0 amide bonds. The lowest BCUT2D eigenvalue weighted by molar-refractivity contribution is 0.214. The molecule has 0 aliphatic carbocycles. The van der Waals surface area contributed by atoms with Crippen LogP contribution < -0.4 is 4.74 Å². The predicted molar refractivity (Wildman–Crippen MR) is 93.0 cm³/mol. The van der Waals surface area contributed by atoms with Crippen molar-refractivity contribution in [3.05, 3.63) is 52.5 Å². The van der Waals surface area contributed by atoms with Crippen LogP contribution in [0.2, 0.25) is 0 Å². The fourth-order valence-corrected chi connectivity index (χ4v) is 4.09. The van der Waals surface area contributed by atoms with Gasteiger partial charge in [0.15, 0.2) is 0 Å². The molecule has 0 bridgehead atoms. The van der Waals surface area contributed by atoms with Gasteiger partial charge in [0, 0.05) is 16.5 Å². The molecule has 1 aromatic carbocycles. The zero-order valence-electron chi connectivity index (χ0n) is 13.5. The maximum absolute atomic E-state index is 5.48. The Kier molecular flexibility index (Phi) is 4.32. The summed E-state index contributed by atoms with van der Waals surface area (Å²) in [5.41, 5.74) is 0.903. The van der Waals surface area contributed by atoms with Crippen LogP contribution in [-0.2, 0) is 6.54 Å². The minimum absolute atomic E-state index is 0.470. The number of rotatable bonds is 5. The Morgan fingerprint density at radius 3 is 3.12 bits per heavy atom. The Balaban J connectivity index is 1.51. The number of nitrogens with zero attached hydrogens (tertiary/aromatic N) is 3. The Hall–Kier alpha value is -2.18. The monoisotopic (exact) mass is 341 g/mol. The van der Waals surface area contributed by atoms with E-state index in [1.165, 1.54) is 17.7 Å². The van der Waals surface area contributed by atoms with E-state index in [9.17, 15) is 0 Å². The third kappa shape index (κ3) is 3.07. The number of hydrogen-bond donors (Lipinski definition) is 0. The first kappa shape index (κ1) is 15.4. The van der Waals surface area contributed by atoms with Gasteiger partial charge in [-0.2, -0.15) is 4.98 Å². The van der Waals surface area contributed by atoms with Crippen molar-refractivity contribution >= 4 is 11.3 Å². The quantitative estimate of drug-likeness (QED) is 0.698. The average Bonchev–Trinajstić information content (AvgIpc) is 3.36. The Morgan fingerprint density at radius 1 is 1.33 bits per heavy atom. The van der Waals surface area contributed by atoms with Crippen LogP contribution in [-0.4, -0.2) is 28.7 Å². The van der Waals surface area contributed by atoms with E-state index in [-0.39, 0.29) is 0 Å². The van der Waals surface area contributed by atoms with E-state index in [4.69, 9.17) is 9.26 Å². The molecule has 5 nitrogen and oxygen atoms in total. The van der Waals surface area contributed by atoms with Crippen LogP contribution in [0.1, 0.15) is 29.7 Å². The summed E-state index contributed by atoms with van der Waals surface area (Å²) in [6, 6.07) is 12.5. The number of aromatic nitrogens is 2. The van der Waals surface area contributed by atoms with Crippen molar-refractivity contribution in [2.45, 2.75) is 25.4 Å². The van der Waals surface area contributed by atoms with Crippen LogP contribution in [0.5, 0.6) is 5.75 Å². The van der Waals surface area contributed by atoms with Crippen molar-refractivity contribution in [3.8, 4) is 17.1 Å². The second-order valence-corrected chi connectivity index (χ2v) is 6.87. The number of thiophene rings is 1. The summed E-state index contributed by atoms with van der Waals surface area (Å²) in [5, 5.41) is 6.26. The van der Waals surface area contributed by atoms with Crippen molar-refractivity contribution in [2.24, 2.45) is 0 Å². The number of benzene rings is 1. The lowest BCUT2D eigenvalue weighted by atomic mass is 10.2. The highest BCUT2D eigenvalue weighted by Crippen LogP contribution is 2.35. The summed E-state index contributed by atoms with van der Waals surface area (Å²) < 4.78 is 10.7. The maximum atomic E-state index is 5.48. The van der Waals surface area contributed by atoms with E-state index in [1.54, 1.807) is 7.11 Å². The van der Waals surface area contributed by atoms with Gasteiger partial charge in [-0.3, -0.25) is 4.90 Å². The zero-order valence-corrected chi connectivity index (χ0v) is 14.3. The molecule has 3 heterocycles. The fourth-order valence-electron chi connectivity index (χ4n) is 3.19. The molecule has 0 radical (unpaired) electrons. The molecule has 2 aromatic heterocycles. The van der Waals surface area contributed by atoms with Gasteiger partial charge in [-0.25, -0.2) is 0 Å². The van der Waals surface area contributed by atoms with E-state index in [2.05, 4.69) is 32.6 Å². The summed E-state index contributed by atoms with van der Waals surface area (Å²) in [7, 11) is 1.65. The first-order valence-electron chi connectivity index (χ1n) is 8.08. The summed E-state index contributed by atoms with van der Waals surface area (Å²) in [6.07, 6.45) is 2.40. The predicted octanol–water partition coefficient (Wildman–Crippen LogP) is 4.14. The largest absolute Gasteiger partial charge is 0.497 e.